The topological polar surface area (TPSA) is 0 Å². The zero-order valence-electron chi connectivity index (χ0n) is 8.05. The minimum absolute atomic E-state index is 0.0564. The zero-order chi connectivity index (χ0) is 9.97. The van der Waals surface area contributed by atoms with Crippen LogP contribution in [0.1, 0.15) is 24.8 Å². The molecule has 0 amide bonds. The normalized spacial score (nSPS) is 26.7. The van der Waals surface area contributed by atoms with Gasteiger partial charge in [-0.25, -0.2) is 4.39 Å². The molecular weight excluding hydrogens is 243 g/mol. The molecule has 0 bridgehead atoms. The van der Waals surface area contributed by atoms with Gasteiger partial charge in [0.05, 0.1) is 0 Å². The lowest BCUT2D eigenvalue weighted by Crippen LogP contribution is -2.10. The Morgan fingerprint density at radius 2 is 2.07 bits per heavy atom. The molecule has 0 saturated heterocycles. The summed E-state index contributed by atoms with van der Waals surface area (Å²) in [5.74, 6) is 0.561. The van der Waals surface area contributed by atoms with Crippen LogP contribution in [0, 0.1) is 11.7 Å². The first-order valence-electron chi connectivity index (χ1n) is 5.15. The van der Waals surface area contributed by atoms with Crippen LogP contribution < -0.4 is 0 Å². The first-order chi connectivity index (χ1) is 6.77. The van der Waals surface area contributed by atoms with Crippen molar-refractivity contribution in [1.82, 2.24) is 0 Å². The fraction of sp³-hybridized carbons (Fsp3) is 0.500. The van der Waals surface area contributed by atoms with Crippen molar-refractivity contribution in [3.05, 3.63) is 35.6 Å². The minimum atomic E-state index is -0.0564. The monoisotopic (exact) mass is 256 g/mol. The van der Waals surface area contributed by atoms with E-state index < -0.39 is 0 Å². The van der Waals surface area contributed by atoms with Crippen LogP contribution in [0.15, 0.2) is 24.3 Å². The second-order valence-corrected chi connectivity index (χ2v) is 5.18. The number of rotatable bonds is 2. The first-order valence-corrected chi connectivity index (χ1v) is 6.06. The Balaban J connectivity index is 2.07. The van der Waals surface area contributed by atoms with E-state index in [1.807, 2.05) is 12.1 Å². The van der Waals surface area contributed by atoms with Gasteiger partial charge in [-0.1, -0.05) is 40.5 Å². The summed E-state index contributed by atoms with van der Waals surface area (Å²) in [5, 5.41) is 0. The van der Waals surface area contributed by atoms with E-state index in [4.69, 9.17) is 0 Å². The molecule has 0 aliphatic heterocycles. The van der Waals surface area contributed by atoms with Crippen molar-refractivity contribution in [2.75, 3.05) is 0 Å². The molecule has 1 aliphatic rings. The predicted molar refractivity (Wildman–Crippen MR) is 60.2 cm³/mol. The van der Waals surface area contributed by atoms with E-state index in [1.54, 1.807) is 12.1 Å². The van der Waals surface area contributed by atoms with Crippen molar-refractivity contribution in [3.8, 4) is 0 Å². The molecule has 1 fully saturated rings. The number of halogens is 2. The number of benzene rings is 1. The maximum Gasteiger partial charge on any atom is 0.126 e. The van der Waals surface area contributed by atoms with Gasteiger partial charge in [-0.05, 0) is 36.8 Å². The second kappa shape index (κ2) is 4.43. The lowest BCUT2D eigenvalue weighted by molar-refractivity contribution is 0.532. The lowest BCUT2D eigenvalue weighted by Gasteiger charge is -2.13. The van der Waals surface area contributed by atoms with E-state index in [2.05, 4.69) is 15.9 Å². The van der Waals surface area contributed by atoms with E-state index >= 15 is 0 Å². The standard InChI is InChI=1S/C12H14BrF/c13-11-6-3-5-9(11)8-10-4-1-2-7-12(10)14/h1-2,4,7,9,11H,3,5-6,8H2. The largest absolute Gasteiger partial charge is 0.207 e. The van der Waals surface area contributed by atoms with E-state index in [9.17, 15) is 4.39 Å². The van der Waals surface area contributed by atoms with E-state index in [1.165, 1.54) is 19.3 Å². The molecule has 1 saturated carbocycles. The van der Waals surface area contributed by atoms with Gasteiger partial charge >= 0.3 is 0 Å². The predicted octanol–water partition coefficient (Wildman–Crippen LogP) is 3.93. The SMILES string of the molecule is Fc1ccccc1CC1CCCC1Br. The molecule has 1 aliphatic carbocycles. The van der Waals surface area contributed by atoms with Crippen LogP contribution in [-0.2, 0) is 6.42 Å². The van der Waals surface area contributed by atoms with Crippen molar-refractivity contribution in [3.63, 3.8) is 0 Å². The number of hydrogen-bond donors (Lipinski definition) is 0. The van der Waals surface area contributed by atoms with Crippen LogP contribution in [-0.4, -0.2) is 4.83 Å². The average Bonchev–Trinajstić information content (AvgIpc) is 2.56. The van der Waals surface area contributed by atoms with E-state index in [0.29, 0.717) is 10.7 Å². The summed E-state index contributed by atoms with van der Waals surface area (Å²) in [7, 11) is 0. The summed E-state index contributed by atoms with van der Waals surface area (Å²) >= 11 is 3.66. The summed E-state index contributed by atoms with van der Waals surface area (Å²) in [6.45, 7) is 0. The molecule has 0 spiro atoms. The summed E-state index contributed by atoms with van der Waals surface area (Å²) in [4.78, 5) is 0.585. The second-order valence-electron chi connectivity index (χ2n) is 4.00. The molecule has 0 aromatic heterocycles. The van der Waals surface area contributed by atoms with Crippen molar-refractivity contribution in [2.45, 2.75) is 30.5 Å². The molecule has 2 heteroatoms. The third-order valence-corrected chi connectivity index (χ3v) is 4.21. The Hall–Kier alpha value is -0.370. The van der Waals surface area contributed by atoms with Gasteiger partial charge in [-0.3, -0.25) is 0 Å². The van der Waals surface area contributed by atoms with Crippen LogP contribution in [0.25, 0.3) is 0 Å². The molecule has 2 rings (SSSR count). The van der Waals surface area contributed by atoms with Gasteiger partial charge < -0.3 is 0 Å². The quantitative estimate of drug-likeness (QED) is 0.704. The molecule has 0 nitrogen and oxygen atoms in total. The molecule has 2 atom stereocenters. The number of hydrogen-bond acceptors (Lipinski definition) is 0. The Morgan fingerprint density at radius 1 is 1.29 bits per heavy atom. The van der Waals surface area contributed by atoms with Gasteiger partial charge in [-0.2, -0.15) is 0 Å². The van der Waals surface area contributed by atoms with Crippen LogP contribution in [0.5, 0.6) is 0 Å². The zero-order valence-corrected chi connectivity index (χ0v) is 9.63. The fourth-order valence-corrected chi connectivity index (χ4v) is 2.94. The average molecular weight is 257 g/mol. The van der Waals surface area contributed by atoms with Gasteiger partial charge in [0.1, 0.15) is 5.82 Å². The van der Waals surface area contributed by atoms with Crippen LogP contribution in [0.4, 0.5) is 4.39 Å². The summed E-state index contributed by atoms with van der Waals surface area (Å²) in [6.07, 6.45) is 4.61. The molecule has 2 unspecified atom stereocenters. The Kier molecular flexibility index (Phi) is 3.22. The maximum absolute atomic E-state index is 13.4. The molecule has 14 heavy (non-hydrogen) atoms. The Bertz CT molecular complexity index is 311. The highest BCUT2D eigenvalue weighted by Gasteiger charge is 2.25. The van der Waals surface area contributed by atoms with Gasteiger partial charge in [0.25, 0.3) is 0 Å². The maximum atomic E-state index is 13.4. The summed E-state index contributed by atoms with van der Waals surface area (Å²) in [5.41, 5.74) is 0.865. The van der Waals surface area contributed by atoms with Gasteiger partial charge in [0.2, 0.25) is 0 Å². The molecule has 0 heterocycles. The third-order valence-electron chi connectivity index (χ3n) is 3.01. The summed E-state index contributed by atoms with van der Waals surface area (Å²) in [6, 6.07) is 7.11. The van der Waals surface area contributed by atoms with Crippen LogP contribution >= 0.6 is 15.9 Å². The van der Waals surface area contributed by atoms with Gasteiger partial charge in [0.15, 0.2) is 0 Å². The molecule has 76 valence electrons. The highest BCUT2D eigenvalue weighted by Crippen LogP contribution is 2.34. The Labute approximate surface area is 92.6 Å². The number of alkyl halides is 1. The molecule has 0 radical (unpaired) electrons. The molecule has 0 N–H and O–H groups in total. The van der Waals surface area contributed by atoms with Gasteiger partial charge in [0, 0.05) is 4.83 Å². The summed E-state index contributed by atoms with van der Waals surface area (Å²) < 4.78 is 13.4. The first kappa shape index (κ1) is 10.2. The van der Waals surface area contributed by atoms with E-state index in [0.717, 1.165) is 12.0 Å². The fourth-order valence-electron chi connectivity index (χ4n) is 2.17. The molecular formula is C12H14BrF. The highest BCUT2D eigenvalue weighted by atomic mass is 79.9. The van der Waals surface area contributed by atoms with E-state index in [-0.39, 0.29) is 5.82 Å². The van der Waals surface area contributed by atoms with Gasteiger partial charge in [-0.15, -0.1) is 0 Å². The minimum Gasteiger partial charge on any atom is -0.207 e. The Morgan fingerprint density at radius 3 is 2.71 bits per heavy atom. The van der Waals surface area contributed by atoms with Crippen LogP contribution in [0.3, 0.4) is 0 Å². The lowest BCUT2D eigenvalue weighted by atomic mass is 9.98. The highest BCUT2D eigenvalue weighted by molar-refractivity contribution is 9.09. The third kappa shape index (κ3) is 2.17. The van der Waals surface area contributed by atoms with Crippen LogP contribution in [0.2, 0.25) is 0 Å². The van der Waals surface area contributed by atoms with Crippen molar-refractivity contribution in [1.29, 1.82) is 0 Å². The smallest absolute Gasteiger partial charge is 0.126 e. The molecule has 1 aromatic rings. The van der Waals surface area contributed by atoms with Crippen molar-refractivity contribution in [2.24, 2.45) is 5.92 Å². The van der Waals surface area contributed by atoms with Crippen molar-refractivity contribution >= 4 is 15.9 Å². The van der Waals surface area contributed by atoms with Crippen molar-refractivity contribution < 1.29 is 4.39 Å². The molecule has 1 aromatic carbocycles.